The van der Waals surface area contributed by atoms with Crippen LogP contribution in [0.2, 0.25) is 0 Å². The predicted molar refractivity (Wildman–Crippen MR) is 133 cm³/mol. The highest BCUT2D eigenvalue weighted by atomic mass is 127. The van der Waals surface area contributed by atoms with Crippen LogP contribution >= 0.6 is 24.0 Å². The lowest BCUT2D eigenvalue weighted by Gasteiger charge is -2.15. The summed E-state index contributed by atoms with van der Waals surface area (Å²) >= 11 is 0. The largest absolute Gasteiger partial charge is 0.491 e. The van der Waals surface area contributed by atoms with Crippen LogP contribution in [0.4, 0.5) is 0 Å². The number of hydrogen-bond acceptors (Lipinski definition) is 4. The normalized spacial score (nSPS) is 12.0. The molecule has 0 amide bonds. The van der Waals surface area contributed by atoms with Crippen molar-refractivity contribution in [2.75, 3.05) is 40.5 Å². The zero-order valence-electron chi connectivity index (χ0n) is 18.1. The summed E-state index contributed by atoms with van der Waals surface area (Å²) in [6.07, 6.45) is 1.01. The highest BCUT2D eigenvalue weighted by Crippen LogP contribution is 2.15. The van der Waals surface area contributed by atoms with E-state index in [2.05, 4.69) is 34.7 Å². The zero-order chi connectivity index (χ0) is 20.7. The van der Waals surface area contributed by atoms with Gasteiger partial charge in [0.2, 0.25) is 0 Å². The average molecular weight is 527 g/mol. The van der Waals surface area contributed by atoms with Gasteiger partial charge in [0.1, 0.15) is 12.4 Å². The fourth-order valence-electron chi connectivity index (χ4n) is 2.71. The molecule has 0 fully saturated rings. The number of nitrogens with zero attached hydrogens (tertiary/aromatic N) is 1. The first kappa shape index (κ1) is 26.2. The molecule has 0 heterocycles. The number of benzene rings is 2. The number of nitrogens with one attached hydrogen (secondary N) is 2. The molecule has 0 aliphatic heterocycles. The number of halogens is 1. The van der Waals surface area contributed by atoms with Crippen molar-refractivity contribution >= 4 is 29.9 Å². The van der Waals surface area contributed by atoms with Gasteiger partial charge in [0.15, 0.2) is 5.96 Å². The molecule has 0 aliphatic rings. The third kappa shape index (κ3) is 10.3. The standard InChI is InChI=1S/C23H33N3O3.HI/c1-19(21-8-5-4-6-9-21)28-15-7-14-25-23(24-2)26-18-20-10-12-22(13-11-20)29-17-16-27-3;/h4-6,8-13,19H,7,14-18H2,1-3H3,(H2,24,25,26);1H. The SMILES string of the molecule is CN=C(NCCCOC(C)c1ccccc1)NCc1ccc(OCCOC)cc1.I. The van der Waals surface area contributed by atoms with E-state index in [1.165, 1.54) is 5.56 Å². The Morgan fingerprint density at radius 1 is 0.967 bits per heavy atom. The predicted octanol–water partition coefficient (Wildman–Crippen LogP) is 4.16. The molecule has 0 bridgehead atoms. The Labute approximate surface area is 197 Å². The maximum Gasteiger partial charge on any atom is 0.191 e. The molecule has 2 N–H and O–H groups in total. The molecule has 0 aliphatic carbocycles. The van der Waals surface area contributed by atoms with Gasteiger partial charge < -0.3 is 24.8 Å². The Morgan fingerprint density at radius 3 is 2.37 bits per heavy atom. The molecule has 2 rings (SSSR count). The van der Waals surface area contributed by atoms with Crippen molar-refractivity contribution in [2.45, 2.75) is 26.0 Å². The van der Waals surface area contributed by atoms with Crippen molar-refractivity contribution in [1.29, 1.82) is 0 Å². The number of ether oxygens (including phenoxy) is 3. The monoisotopic (exact) mass is 527 g/mol. The lowest BCUT2D eigenvalue weighted by atomic mass is 10.1. The van der Waals surface area contributed by atoms with Crippen molar-refractivity contribution in [3.63, 3.8) is 0 Å². The Hall–Kier alpha value is -1.84. The molecular formula is C23H34IN3O3. The number of guanidine groups is 1. The highest BCUT2D eigenvalue weighted by Gasteiger charge is 2.04. The van der Waals surface area contributed by atoms with E-state index >= 15 is 0 Å². The summed E-state index contributed by atoms with van der Waals surface area (Å²) in [5.74, 6) is 1.62. The van der Waals surface area contributed by atoms with Crippen LogP contribution in [0.5, 0.6) is 5.75 Å². The summed E-state index contributed by atoms with van der Waals surface area (Å²) in [7, 11) is 3.44. The summed E-state index contributed by atoms with van der Waals surface area (Å²) in [4.78, 5) is 4.27. The second kappa shape index (κ2) is 15.9. The van der Waals surface area contributed by atoms with Crippen LogP contribution in [0.1, 0.15) is 30.6 Å². The lowest BCUT2D eigenvalue weighted by Crippen LogP contribution is -2.37. The van der Waals surface area contributed by atoms with Gasteiger partial charge in [-0.3, -0.25) is 4.99 Å². The van der Waals surface area contributed by atoms with E-state index < -0.39 is 0 Å². The molecule has 2 aromatic rings. The Kier molecular flexibility index (Phi) is 13.9. The summed E-state index contributed by atoms with van der Waals surface area (Å²) < 4.78 is 16.5. The van der Waals surface area contributed by atoms with Crippen LogP contribution in [0.3, 0.4) is 0 Å². The van der Waals surface area contributed by atoms with Gasteiger partial charge >= 0.3 is 0 Å². The number of aliphatic imine (C=N–C) groups is 1. The van der Waals surface area contributed by atoms with E-state index in [-0.39, 0.29) is 30.1 Å². The summed E-state index contributed by atoms with van der Waals surface area (Å²) in [5, 5.41) is 6.64. The van der Waals surface area contributed by atoms with E-state index in [0.717, 1.165) is 30.2 Å². The van der Waals surface area contributed by atoms with Gasteiger partial charge in [-0.2, -0.15) is 0 Å². The lowest BCUT2D eigenvalue weighted by molar-refractivity contribution is 0.0646. The second-order valence-corrected chi connectivity index (χ2v) is 6.62. The summed E-state index contributed by atoms with van der Waals surface area (Å²) in [5.41, 5.74) is 2.36. The van der Waals surface area contributed by atoms with E-state index in [4.69, 9.17) is 14.2 Å². The summed E-state index contributed by atoms with van der Waals surface area (Å²) in [6, 6.07) is 18.3. The van der Waals surface area contributed by atoms with E-state index in [1.54, 1.807) is 14.2 Å². The minimum absolute atomic E-state index is 0. The van der Waals surface area contributed by atoms with Gasteiger partial charge in [-0.25, -0.2) is 0 Å². The van der Waals surface area contributed by atoms with Crippen molar-refractivity contribution in [3.05, 3.63) is 65.7 Å². The minimum atomic E-state index is 0. The molecule has 166 valence electrons. The van der Waals surface area contributed by atoms with Crippen LogP contribution in [0.15, 0.2) is 59.6 Å². The minimum Gasteiger partial charge on any atom is -0.491 e. The van der Waals surface area contributed by atoms with Crippen molar-refractivity contribution in [1.82, 2.24) is 10.6 Å². The van der Waals surface area contributed by atoms with Crippen LogP contribution in [0, 0.1) is 0 Å². The van der Waals surface area contributed by atoms with Gasteiger partial charge in [-0.1, -0.05) is 42.5 Å². The molecule has 0 saturated heterocycles. The van der Waals surface area contributed by atoms with E-state index in [1.807, 2.05) is 42.5 Å². The Balaban J connectivity index is 0.00000450. The van der Waals surface area contributed by atoms with Gasteiger partial charge in [-0.15, -0.1) is 24.0 Å². The number of methoxy groups -OCH3 is 1. The van der Waals surface area contributed by atoms with Crippen LogP contribution < -0.4 is 15.4 Å². The molecule has 0 spiro atoms. The maximum absolute atomic E-state index is 5.90. The molecule has 0 radical (unpaired) electrons. The first-order valence-electron chi connectivity index (χ1n) is 10.0. The van der Waals surface area contributed by atoms with E-state index in [0.29, 0.717) is 26.4 Å². The number of rotatable bonds is 12. The first-order chi connectivity index (χ1) is 14.2. The van der Waals surface area contributed by atoms with Crippen molar-refractivity contribution in [3.8, 4) is 5.75 Å². The van der Waals surface area contributed by atoms with Crippen LogP contribution in [-0.4, -0.2) is 46.5 Å². The Morgan fingerprint density at radius 2 is 1.70 bits per heavy atom. The van der Waals surface area contributed by atoms with Crippen LogP contribution in [-0.2, 0) is 16.0 Å². The fourth-order valence-corrected chi connectivity index (χ4v) is 2.71. The molecular weight excluding hydrogens is 493 g/mol. The van der Waals surface area contributed by atoms with Gasteiger partial charge in [0.25, 0.3) is 0 Å². The van der Waals surface area contributed by atoms with Gasteiger partial charge in [0.05, 0.1) is 12.7 Å². The van der Waals surface area contributed by atoms with Gasteiger partial charge in [0, 0.05) is 33.9 Å². The third-order valence-electron chi connectivity index (χ3n) is 4.41. The second-order valence-electron chi connectivity index (χ2n) is 6.62. The summed E-state index contributed by atoms with van der Waals surface area (Å²) in [6.45, 7) is 5.41. The first-order valence-corrected chi connectivity index (χ1v) is 10.0. The number of hydrogen-bond donors (Lipinski definition) is 2. The maximum atomic E-state index is 5.90. The molecule has 0 aromatic heterocycles. The van der Waals surface area contributed by atoms with Crippen LogP contribution in [0.25, 0.3) is 0 Å². The molecule has 1 unspecified atom stereocenters. The molecule has 7 heteroatoms. The zero-order valence-corrected chi connectivity index (χ0v) is 20.4. The molecule has 30 heavy (non-hydrogen) atoms. The molecule has 0 saturated carbocycles. The topological polar surface area (TPSA) is 64.1 Å². The molecule has 1 atom stereocenters. The average Bonchev–Trinajstić information content (AvgIpc) is 2.77. The fraction of sp³-hybridized carbons (Fsp3) is 0.435. The third-order valence-corrected chi connectivity index (χ3v) is 4.41. The van der Waals surface area contributed by atoms with Crippen molar-refractivity contribution in [2.24, 2.45) is 4.99 Å². The smallest absolute Gasteiger partial charge is 0.191 e. The molecule has 6 nitrogen and oxygen atoms in total. The van der Waals surface area contributed by atoms with Gasteiger partial charge in [-0.05, 0) is 36.6 Å². The molecule has 2 aromatic carbocycles. The van der Waals surface area contributed by atoms with E-state index in [9.17, 15) is 0 Å². The Bertz CT molecular complexity index is 711. The van der Waals surface area contributed by atoms with Crippen molar-refractivity contribution < 1.29 is 14.2 Å². The highest BCUT2D eigenvalue weighted by molar-refractivity contribution is 14.0. The quantitative estimate of drug-likeness (QED) is 0.188.